The number of carbonyl (C=O) groups excluding carboxylic acids is 1. The van der Waals surface area contributed by atoms with Crippen molar-refractivity contribution in [2.75, 3.05) is 5.32 Å². The van der Waals surface area contributed by atoms with E-state index in [2.05, 4.69) is 15.3 Å². The van der Waals surface area contributed by atoms with Gasteiger partial charge in [0.25, 0.3) is 0 Å². The van der Waals surface area contributed by atoms with Crippen LogP contribution in [-0.4, -0.2) is 15.9 Å². The molecule has 1 amide bonds. The fourth-order valence-electron chi connectivity index (χ4n) is 2.91. The van der Waals surface area contributed by atoms with E-state index in [0.717, 1.165) is 23.3 Å². The lowest BCUT2D eigenvalue weighted by Crippen LogP contribution is -2.28. The molecule has 1 aromatic carbocycles. The van der Waals surface area contributed by atoms with Gasteiger partial charge in [-0.25, -0.2) is 9.37 Å². The molecule has 4 nitrogen and oxygen atoms in total. The number of fused-ring (bicyclic) bond motifs is 1. The van der Waals surface area contributed by atoms with Crippen LogP contribution in [0.3, 0.4) is 0 Å². The maximum Gasteiger partial charge on any atom is 0.419 e. The molecule has 1 aliphatic rings. The molecular formula is C16H15F4N3O. The van der Waals surface area contributed by atoms with Crippen LogP contribution in [0.15, 0.2) is 18.2 Å². The summed E-state index contributed by atoms with van der Waals surface area (Å²) in [5.41, 5.74) is 0.349. The average molecular weight is 341 g/mol. The molecule has 1 heterocycles. The fraction of sp³-hybridized carbons (Fsp3) is 0.375. The number of H-pyrrole nitrogens is 1. The van der Waals surface area contributed by atoms with E-state index in [1.165, 1.54) is 0 Å². The molecule has 1 aliphatic carbocycles. The SMILES string of the molecule is Cc1nc2c([nH]1)CC(C(=O)Nc1ccc(F)c(C(F)(F)F)c1)CC2. The van der Waals surface area contributed by atoms with Crippen molar-refractivity contribution in [1.29, 1.82) is 0 Å². The molecule has 0 saturated heterocycles. The number of alkyl halides is 3. The first-order valence-electron chi connectivity index (χ1n) is 7.46. The molecule has 0 aliphatic heterocycles. The molecule has 1 atom stereocenters. The average Bonchev–Trinajstić information content (AvgIpc) is 2.87. The van der Waals surface area contributed by atoms with E-state index in [9.17, 15) is 22.4 Å². The number of hydrogen-bond donors (Lipinski definition) is 2. The summed E-state index contributed by atoms with van der Waals surface area (Å²) < 4.78 is 51.5. The van der Waals surface area contributed by atoms with Crippen LogP contribution in [0.5, 0.6) is 0 Å². The van der Waals surface area contributed by atoms with Crippen LogP contribution >= 0.6 is 0 Å². The predicted octanol–water partition coefficient (Wildman–Crippen LogP) is 3.62. The highest BCUT2D eigenvalue weighted by Crippen LogP contribution is 2.33. The zero-order chi connectivity index (χ0) is 17.5. The van der Waals surface area contributed by atoms with Crippen molar-refractivity contribution in [3.8, 4) is 0 Å². The number of aromatic amines is 1. The molecule has 1 aromatic heterocycles. The summed E-state index contributed by atoms with van der Waals surface area (Å²) in [7, 11) is 0. The van der Waals surface area contributed by atoms with Crippen molar-refractivity contribution in [3.63, 3.8) is 0 Å². The molecule has 24 heavy (non-hydrogen) atoms. The third kappa shape index (κ3) is 3.27. The molecule has 1 unspecified atom stereocenters. The highest BCUT2D eigenvalue weighted by molar-refractivity contribution is 5.93. The number of imidazole rings is 1. The molecule has 0 saturated carbocycles. The van der Waals surface area contributed by atoms with Crippen molar-refractivity contribution >= 4 is 11.6 Å². The first kappa shape index (κ1) is 16.5. The summed E-state index contributed by atoms with van der Waals surface area (Å²) in [5.74, 6) is -1.34. The predicted molar refractivity (Wildman–Crippen MR) is 78.9 cm³/mol. The molecule has 0 spiro atoms. The van der Waals surface area contributed by atoms with Gasteiger partial charge in [-0.3, -0.25) is 4.79 Å². The number of benzene rings is 1. The van der Waals surface area contributed by atoms with Gasteiger partial charge in [-0.2, -0.15) is 13.2 Å². The zero-order valence-corrected chi connectivity index (χ0v) is 12.8. The molecule has 0 fully saturated rings. The van der Waals surface area contributed by atoms with Crippen LogP contribution in [0.1, 0.15) is 29.2 Å². The Morgan fingerprint density at radius 1 is 1.38 bits per heavy atom. The molecular weight excluding hydrogens is 326 g/mol. The summed E-state index contributed by atoms with van der Waals surface area (Å²) in [6.45, 7) is 1.82. The normalized spacial score (nSPS) is 17.5. The van der Waals surface area contributed by atoms with Gasteiger partial charge in [0.05, 0.1) is 11.3 Å². The Labute approximate surface area is 135 Å². The van der Waals surface area contributed by atoms with Gasteiger partial charge in [-0.1, -0.05) is 0 Å². The Bertz CT molecular complexity index is 782. The lowest BCUT2D eigenvalue weighted by molar-refractivity contribution is -0.140. The lowest BCUT2D eigenvalue weighted by Gasteiger charge is -2.21. The minimum atomic E-state index is -4.81. The summed E-state index contributed by atoms with van der Waals surface area (Å²) >= 11 is 0. The molecule has 3 rings (SSSR count). The van der Waals surface area contributed by atoms with E-state index in [1.54, 1.807) is 0 Å². The minimum Gasteiger partial charge on any atom is -0.346 e. The number of anilines is 1. The third-order valence-corrected chi connectivity index (χ3v) is 4.07. The number of aromatic nitrogens is 2. The summed E-state index contributed by atoms with van der Waals surface area (Å²) in [6, 6.07) is 2.44. The smallest absolute Gasteiger partial charge is 0.346 e. The van der Waals surface area contributed by atoms with Crippen LogP contribution < -0.4 is 5.32 Å². The monoisotopic (exact) mass is 341 g/mol. The number of aryl methyl sites for hydroxylation is 2. The number of nitrogens with zero attached hydrogens (tertiary/aromatic N) is 1. The molecule has 0 bridgehead atoms. The van der Waals surface area contributed by atoms with Gasteiger partial charge in [0.1, 0.15) is 11.6 Å². The van der Waals surface area contributed by atoms with Gasteiger partial charge in [0, 0.05) is 23.7 Å². The molecule has 8 heteroatoms. The first-order chi connectivity index (χ1) is 11.2. The number of rotatable bonds is 2. The molecule has 0 radical (unpaired) electrons. The van der Waals surface area contributed by atoms with Crippen molar-refractivity contribution in [3.05, 3.63) is 46.8 Å². The highest BCUT2D eigenvalue weighted by Gasteiger charge is 2.34. The topological polar surface area (TPSA) is 57.8 Å². The van der Waals surface area contributed by atoms with Gasteiger partial charge >= 0.3 is 6.18 Å². The lowest BCUT2D eigenvalue weighted by atomic mass is 9.89. The van der Waals surface area contributed by atoms with E-state index in [4.69, 9.17) is 0 Å². The van der Waals surface area contributed by atoms with E-state index in [0.29, 0.717) is 31.4 Å². The number of amides is 1. The standard InChI is InChI=1S/C16H15F4N3O/c1-8-21-13-5-2-9(6-14(13)22-8)15(24)23-10-3-4-12(17)11(7-10)16(18,19)20/h3-4,7,9H,2,5-6H2,1H3,(H,21,22)(H,23,24). The summed E-state index contributed by atoms with van der Waals surface area (Å²) in [4.78, 5) is 19.7. The van der Waals surface area contributed by atoms with Crippen LogP contribution in [-0.2, 0) is 23.8 Å². The minimum absolute atomic E-state index is 0.0692. The Balaban J connectivity index is 1.74. The van der Waals surface area contributed by atoms with Gasteiger partial charge in [0.2, 0.25) is 5.91 Å². The van der Waals surface area contributed by atoms with Crippen molar-refractivity contribution in [1.82, 2.24) is 9.97 Å². The van der Waals surface area contributed by atoms with Crippen molar-refractivity contribution < 1.29 is 22.4 Å². The fourth-order valence-corrected chi connectivity index (χ4v) is 2.91. The maximum absolute atomic E-state index is 13.3. The van der Waals surface area contributed by atoms with Gasteiger partial charge in [-0.15, -0.1) is 0 Å². The maximum atomic E-state index is 13.3. The second-order valence-electron chi connectivity index (χ2n) is 5.87. The number of carbonyl (C=O) groups is 1. The Hall–Kier alpha value is -2.38. The molecule has 2 aromatic rings. The Kier molecular flexibility index (Phi) is 4.06. The van der Waals surface area contributed by atoms with Crippen LogP contribution in [0.2, 0.25) is 0 Å². The van der Waals surface area contributed by atoms with Crippen LogP contribution in [0.25, 0.3) is 0 Å². The number of halogens is 4. The number of nitrogens with one attached hydrogen (secondary N) is 2. The molecule has 2 N–H and O–H groups in total. The van der Waals surface area contributed by atoms with Crippen LogP contribution in [0, 0.1) is 18.7 Å². The van der Waals surface area contributed by atoms with E-state index in [-0.39, 0.29) is 17.5 Å². The van der Waals surface area contributed by atoms with Gasteiger partial charge in [0.15, 0.2) is 0 Å². The van der Waals surface area contributed by atoms with E-state index in [1.807, 2.05) is 6.92 Å². The summed E-state index contributed by atoms with van der Waals surface area (Å²) in [5, 5.41) is 2.45. The van der Waals surface area contributed by atoms with Gasteiger partial charge < -0.3 is 10.3 Å². The van der Waals surface area contributed by atoms with Crippen LogP contribution in [0.4, 0.5) is 23.2 Å². The second-order valence-corrected chi connectivity index (χ2v) is 5.87. The third-order valence-electron chi connectivity index (χ3n) is 4.07. The van der Waals surface area contributed by atoms with Crippen molar-refractivity contribution in [2.45, 2.75) is 32.4 Å². The summed E-state index contributed by atoms with van der Waals surface area (Å²) in [6.07, 6.45) is -3.15. The molecule has 128 valence electrons. The Morgan fingerprint density at radius 2 is 2.12 bits per heavy atom. The largest absolute Gasteiger partial charge is 0.419 e. The van der Waals surface area contributed by atoms with E-state index < -0.39 is 17.6 Å². The zero-order valence-electron chi connectivity index (χ0n) is 12.8. The quantitative estimate of drug-likeness (QED) is 0.820. The van der Waals surface area contributed by atoms with E-state index >= 15 is 0 Å². The second kappa shape index (κ2) is 5.92. The number of hydrogen-bond acceptors (Lipinski definition) is 2. The first-order valence-corrected chi connectivity index (χ1v) is 7.46. The van der Waals surface area contributed by atoms with Gasteiger partial charge in [-0.05, 0) is 38.0 Å². The van der Waals surface area contributed by atoms with Crippen molar-refractivity contribution in [2.24, 2.45) is 5.92 Å². The highest BCUT2D eigenvalue weighted by atomic mass is 19.4. The Morgan fingerprint density at radius 3 is 2.83 bits per heavy atom.